The fourth-order valence-corrected chi connectivity index (χ4v) is 2.38. The van der Waals surface area contributed by atoms with Crippen molar-refractivity contribution in [1.82, 2.24) is 5.32 Å². The maximum atomic E-state index is 13.9. The molecule has 0 radical (unpaired) electrons. The number of hydrogen-bond acceptors (Lipinski definition) is 1. The highest BCUT2D eigenvalue weighted by atomic mass is 19.1. The van der Waals surface area contributed by atoms with Gasteiger partial charge in [-0.25, -0.2) is 4.39 Å². The van der Waals surface area contributed by atoms with Gasteiger partial charge in [-0.3, -0.25) is 0 Å². The summed E-state index contributed by atoms with van der Waals surface area (Å²) in [6, 6.07) is 15.2. The summed E-state index contributed by atoms with van der Waals surface area (Å²) in [5, 5.41) is 3.19. The van der Waals surface area contributed by atoms with E-state index in [0.717, 1.165) is 18.4 Å². The van der Waals surface area contributed by atoms with Gasteiger partial charge in [0.15, 0.2) is 0 Å². The number of halogens is 1. The zero-order valence-corrected chi connectivity index (χ0v) is 11.5. The lowest BCUT2D eigenvalue weighted by Crippen LogP contribution is -2.18. The van der Waals surface area contributed by atoms with Crippen LogP contribution in [0.3, 0.4) is 0 Å². The molecule has 0 amide bonds. The van der Waals surface area contributed by atoms with E-state index in [1.807, 2.05) is 19.2 Å². The molecule has 0 saturated carbocycles. The Morgan fingerprint density at radius 2 is 1.74 bits per heavy atom. The van der Waals surface area contributed by atoms with E-state index in [-0.39, 0.29) is 11.9 Å². The highest BCUT2D eigenvalue weighted by Crippen LogP contribution is 2.24. The minimum Gasteiger partial charge on any atom is -0.309 e. The molecule has 2 rings (SSSR count). The van der Waals surface area contributed by atoms with Crippen molar-refractivity contribution in [2.24, 2.45) is 0 Å². The maximum absolute atomic E-state index is 13.9. The second kappa shape index (κ2) is 6.48. The number of nitrogens with one attached hydrogen (secondary N) is 1. The SMILES string of the molecule is CCCc1ccc(C(NC)c2ccccc2F)cc1. The lowest BCUT2D eigenvalue weighted by atomic mass is 9.97. The minimum absolute atomic E-state index is 0.100. The predicted octanol–water partition coefficient (Wildman–Crippen LogP) is 4.09. The molecule has 2 aromatic carbocycles. The molecular formula is C17H20FN. The molecule has 0 aliphatic heterocycles. The van der Waals surface area contributed by atoms with Crippen molar-refractivity contribution in [2.45, 2.75) is 25.8 Å². The summed E-state index contributed by atoms with van der Waals surface area (Å²) in [5.74, 6) is -0.167. The average molecular weight is 257 g/mol. The van der Waals surface area contributed by atoms with Gasteiger partial charge in [-0.15, -0.1) is 0 Å². The van der Waals surface area contributed by atoms with Crippen molar-refractivity contribution in [2.75, 3.05) is 7.05 Å². The van der Waals surface area contributed by atoms with E-state index in [0.29, 0.717) is 5.56 Å². The van der Waals surface area contributed by atoms with Crippen molar-refractivity contribution < 1.29 is 4.39 Å². The summed E-state index contributed by atoms with van der Waals surface area (Å²) in [4.78, 5) is 0. The molecule has 0 saturated heterocycles. The molecule has 100 valence electrons. The second-order valence-corrected chi connectivity index (χ2v) is 4.73. The number of benzene rings is 2. The van der Waals surface area contributed by atoms with Gasteiger partial charge in [0, 0.05) is 5.56 Å². The smallest absolute Gasteiger partial charge is 0.128 e. The van der Waals surface area contributed by atoms with Crippen LogP contribution in [0.25, 0.3) is 0 Å². The van der Waals surface area contributed by atoms with E-state index in [1.165, 1.54) is 11.6 Å². The minimum atomic E-state index is -0.167. The first-order valence-electron chi connectivity index (χ1n) is 6.76. The van der Waals surface area contributed by atoms with E-state index in [9.17, 15) is 4.39 Å². The first kappa shape index (κ1) is 13.8. The summed E-state index contributed by atoms with van der Waals surface area (Å²) in [5.41, 5.74) is 3.11. The molecule has 1 unspecified atom stereocenters. The summed E-state index contributed by atoms with van der Waals surface area (Å²) in [6.07, 6.45) is 2.23. The summed E-state index contributed by atoms with van der Waals surface area (Å²) < 4.78 is 13.9. The number of aryl methyl sites for hydroxylation is 1. The van der Waals surface area contributed by atoms with Crippen molar-refractivity contribution in [3.8, 4) is 0 Å². The lowest BCUT2D eigenvalue weighted by molar-refractivity contribution is 0.576. The maximum Gasteiger partial charge on any atom is 0.128 e. The van der Waals surface area contributed by atoms with Gasteiger partial charge in [0.1, 0.15) is 5.82 Å². The third kappa shape index (κ3) is 3.21. The molecule has 0 spiro atoms. The predicted molar refractivity (Wildman–Crippen MR) is 77.7 cm³/mol. The lowest BCUT2D eigenvalue weighted by Gasteiger charge is -2.18. The fraction of sp³-hybridized carbons (Fsp3) is 0.294. The Balaban J connectivity index is 2.29. The van der Waals surface area contributed by atoms with E-state index < -0.39 is 0 Å². The second-order valence-electron chi connectivity index (χ2n) is 4.73. The Kier molecular flexibility index (Phi) is 4.69. The van der Waals surface area contributed by atoms with Gasteiger partial charge in [-0.2, -0.15) is 0 Å². The molecule has 0 heterocycles. The van der Waals surface area contributed by atoms with Gasteiger partial charge >= 0.3 is 0 Å². The topological polar surface area (TPSA) is 12.0 Å². The van der Waals surface area contributed by atoms with E-state index >= 15 is 0 Å². The molecule has 0 fully saturated rings. The summed E-state index contributed by atoms with van der Waals surface area (Å²) in [6.45, 7) is 2.17. The normalized spacial score (nSPS) is 12.4. The van der Waals surface area contributed by atoms with Crippen LogP contribution in [0.5, 0.6) is 0 Å². The first-order valence-corrected chi connectivity index (χ1v) is 6.76. The Morgan fingerprint density at radius 3 is 2.32 bits per heavy atom. The first-order chi connectivity index (χ1) is 9.26. The molecular weight excluding hydrogens is 237 g/mol. The van der Waals surface area contributed by atoms with Gasteiger partial charge in [-0.05, 0) is 30.7 Å². The summed E-state index contributed by atoms with van der Waals surface area (Å²) >= 11 is 0. The van der Waals surface area contributed by atoms with E-state index in [2.05, 4.69) is 36.5 Å². The van der Waals surface area contributed by atoms with Crippen LogP contribution in [0.1, 0.15) is 36.1 Å². The summed E-state index contributed by atoms with van der Waals surface area (Å²) in [7, 11) is 1.86. The highest BCUT2D eigenvalue weighted by molar-refractivity contribution is 5.34. The Labute approximate surface area is 114 Å². The van der Waals surface area contributed by atoms with Crippen LogP contribution in [0.4, 0.5) is 4.39 Å². The van der Waals surface area contributed by atoms with Gasteiger partial charge in [0.25, 0.3) is 0 Å². The van der Waals surface area contributed by atoms with Crippen molar-refractivity contribution in [1.29, 1.82) is 0 Å². The van der Waals surface area contributed by atoms with Gasteiger partial charge in [0.2, 0.25) is 0 Å². The highest BCUT2D eigenvalue weighted by Gasteiger charge is 2.15. The van der Waals surface area contributed by atoms with E-state index in [1.54, 1.807) is 6.07 Å². The molecule has 0 aliphatic rings. The van der Waals surface area contributed by atoms with Crippen molar-refractivity contribution >= 4 is 0 Å². The molecule has 2 aromatic rings. The van der Waals surface area contributed by atoms with E-state index in [4.69, 9.17) is 0 Å². The average Bonchev–Trinajstić information content (AvgIpc) is 2.44. The zero-order valence-electron chi connectivity index (χ0n) is 11.5. The molecule has 0 aromatic heterocycles. The molecule has 2 heteroatoms. The molecule has 0 bridgehead atoms. The van der Waals surface area contributed by atoms with Crippen molar-refractivity contribution in [3.05, 3.63) is 71.0 Å². The monoisotopic (exact) mass is 257 g/mol. The van der Waals surface area contributed by atoms with Crippen LogP contribution in [0, 0.1) is 5.82 Å². The van der Waals surface area contributed by atoms with Gasteiger partial charge in [0.05, 0.1) is 6.04 Å². The van der Waals surface area contributed by atoms with Crippen molar-refractivity contribution in [3.63, 3.8) is 0 Å². The van der Waals surface area contributed by atoms with Gasteiger partial charge in [-0.1, -0.05) is 55.8 Å². The third-order valence-electron chi connectivity index (χ3n) is 3.36. The van der Waals surface area contributed by atoms with Crippen LogP contribution in [-0.4, -0.2) is 7.05 Å². The van der Waals surface area contributed by atoms with Crippen LogP contribution in [-0.2, 0) is 6.42 Å². The fourth-order valence-electron chi connectivity index (χ4n) is 2.38. The van der Waals surface area contributed by atoms with Crippen LogP contribution >= 0.6 is 0 Å². The zero-order chi connectivity index (χ0) is 13.7. The molecule has 19 heavy (non-hydrogen) atoms. The Morgan fingerprint density at radius 1 is 1.05 bits per heavy atom. The largest absolute Gasteiger partial charge is 0.309 e. The number of hydrogen-bond donors (Lipinski definition) is 1. The van der Waals surface area contributed by atoms with Crippen LogP contribution in [0.2, 0.25) is 0 Å². The Hall–Kier alpha value is -1.67. The number of rotatable bonds is 5. The molecule has 1 nitrogen and oxygen atoms in total. The standard InChI is InChI=1S/C17H20FN/c1-3-6-13-9-11-14(12-10-13)17(19-2)15-7-4-5-8-16(15)18/h4-5,7-12,17,19H,3,6H2,1-2H3. The van der Waals surface area contributed by atoms with Crippen LogP contribution in [0.15, 0.2) is 48.5 Å². The third-order valence-corrected chi connectivity index (χ3v) is 3.36. The Bertz CT molecular complexity index is 519. The quantitative estimate of drug-likeness (QED) is 0.850. The molecule has 0 aliphatic carbocycles. The molecule has 1 N–H and O–H groups in total. The van der Waals surface area contributed by atoms with Crippen LogP contribution < -0.4 is 5.32 Å². The van der Waals surface area contributed by atoms with Gasteiger partial charge < -0.3 is 5.32 Å². The molecule has 1 atom stereocenters.